The third kappa shape index (κ3) is 2.65. The van der Waals surface area contributed by atoms with Crippen LogP contribution in [0.15, 0.2) is 56.4 Å². The average Bonchev–Trinajstić information content (AvgIpc) is 3.22. The van der Waals surface area contributed by atoms with E-state index in [0.29, 0.717) is 6.54 Å². The quantitative estimate of drug-likeness (QED) is 0.783. The van der Waals surface area contributed by atoms with E-state index in [1.165, 1.54) is 12.3 Å². The lowest BCUT2D eigenvalue weighted by Crippen LogP contribution is -2.28. The molecule has 1 unspecified atom stereocenters. The average molecular weight is 288 g/mol. The highest BCUT2D eigenvalue weighted by Gasteiger charge is 2.19. The molecule has 1 amide bonds. The molecule has 3 heterocycles. The summed E-state index contributed by atoms with van der Waals surface area (Å²) in [5.74, 6) is 0.729. The number of hydrogen-bond acceptors (Lipinski definition) is 5. The fourth-order valence-electron chi connectivity index (χ4n) is 1.96. The van der Waals surface area contributed by atoms with Crippen LogP contribution in [0.5, 0.6) is 0 Å². The summed E-state index contributed by atoms with van der Waals surface area (Å²) in [5, 5.41) is 10.4. The van der Waals surface area contributed by atoms with Crippen molar-refractivity contribution >= 4 is 17.2 Å². The minimum atomic E-state index is -0.283. The van der Waals surface area contributed by atoms with Gasteiger partial charge in [0.05, 0.1) is 18.4 Å². The van der Waals surface area contributed by atoms with Gasteiger partial charge in [0, 0.05) is 12.6 Å². The van der Waals surface area contributed by atoms with Gasteiger partial charge < -0.3 is 14.3 Å². The van der Waals surface area contributed by atoms with Crippen LogP contribution in [0.25, 0.3) is 0 Å². The molecule has 3 rings (SSSR count). The molecule has 0 saturated heterocycles. The highest BCUT2D eigenvalue weighted by molar-refractivity contribution is 7.08. The summed E-state index contributed by atoms with van der Waals surface area (Å²) in [5.41, 5.74) is 1.11. The fourth-order valence-corrected chi connectivity index (χ4v) is 2.67. The molecular formula is C14H12N2O3S. The van der Waals surface area contributed by atoms with Crippen LogP contribution in [0.2, 0.25) is 0 Å². The van der Waals surface area contributed by atoms with Crippen molar-refractivity contribution in [2.75, 3.05) is 6.54 Å². The summed E-state index contributed by atoms with van der Waals surface area (Å²) in [6.45, 7) is 0.434. The number of thiophene rings is 1. The summed E-state index contributed by atoms with van der Waals surface area (Å²) in [6.07, 6.45) is 3.07. The van der Waals surface area contributed by atoms with Crippen LogP contribution in [-0.4, -0.2) is 17.6 Å². The van der Waals surface area contributed by atoms with Gasteiger partial charge in [0.1, 0.15) is 5.76 Å². The first kappa shape index (κ1) is 12.7. The number of aromatic nitrogens is 1. The number of carbonyl (C=O) groups excluding carboxylic acids is 1. The Morgan fingerprint density at radius 3 is 3.00 bits per heavy atom. The molecule has 5 nitrogen and oxygen atoms in total. The minimum Gasteiger partial charge on any atom is -0.469 e. The lowest BCUT2D eigenvalue weighted by molar-refractivity contribution is 0.0915. The lowest BCUT2D eigenvalue weighted by Gasteiger charge is -2.13. The minimum absolute atomic E-state index is 0.0110. The smallest absolute Gasteiger partial charge is 0.289 e. The fraction of sp³-hybridized carbons (Fsp3) is 0.143. The number of nitrogens with zero attached hydrogens (tertiary/aromatic N) is 1. The van der Waals surface area contributed by atoms with Gasteiger partial charge in [-0.15, -0.1) is 0 Å². The van der Waals surface area contributed by atoms with Crippen LogP contribution in [0.3, 0.4) is 0 Å². The van der Waals surface area contributed by atoms with Crippen molar-refractivity contribution in [3.8, 4) is 0 Å². The van der Waals surface area contributed by atoms with E-state index < -0.39 is 0 Å². The second-order valence-corrected chi connectivity index (χ2v) is 4.99. The second-order valence-electron chi connectivity index (χ2n) is 4.21. The molecule has 1 N–H and O–H groups in total. The summed E-state index contributed by atoms with van der Waals surface area (Å²) >= 11 is 1.61. The van der Waals surface area contributed by atoms with Crippen LogP contribution in [0.1, 0.15) is 27.8 Å². The molecular weight excluding hydrogens is 276 g/mol. The Morgan fingerprint density at radius 1 is 1.40 bits per heavy atom. The Hall–Kier alpha value is -2.34. The number of amides is 1. The maximum Gasteiger partial charge on any atom is 0.289 e. The van der Waals surface area contributed by atoms with Crippen molar-refractivity contribution < 1.29 is 13.7 Å². The van der Waals surface area contributed by atoms with E-state index in [9.17, 15) is 4.79 Å². The molecule has 0 saturated carbocycles. The van der Waals surface area contributed by atoms with Gasteiger partial charge in [-0.1, -0.05) is 5.16 Å². The third-order valence-electron chi connectivity index (χ3n) is 2.96. The molecule has 1 atom stereocenters. The molecule has 3 aromatic heterocycles. The molecule has 0 spiro atoms. The van der Waals surface area contributed by atoms with Gasteiger partial charge in [0.15, 0.2) is 0 Å². The van der Waals surface area contributed by atoms with Gasteiger partial charge in [-0.05, 0) is 34.5 Å². The predicted molar refractivity (Wildman–Crippen MR) is 73.7 cm³/mol. The van der Waals surface area contributed by atoms with E-state index in [4.69, 9.17) is 8.94 Å². The summed E-state index contributed by atoms with van der Waals surface area (Å²) in [6, 6.07) is 7.30. The zero-order valence-electron chi connectivity index (χ0n) is 10.5. The molecule has 0 bridgehead atoms. The normalized spacial score (nSPS) is 12.2. The molecule has 0 aliphatic rings. The Bertz CT molecular complexity index is 610. The molecule has 0 fully saturated rings. The van der Waals surface area contributed by atoms with E-state index in [0.717, 1.165) is 11.3 Å². The van der Waals surface area contributed by atoms with Crippen LogP contribution < -0.4 is 5.32 Å². The van der Waals surface area contributed by atoms with Gasteiger partial charge in [-0.25, -0.2) is 0 Å². The monoisotopic (exact) mass is 288 g/mol. The van der Waals surface area contributed by atoms with Crippen molar-refractivity contribution in [1.82, 2.24) is 10.5 Å². The number of rotatable bonds is 5. The topological polar surface area (TPSA) is 68.3 Å². The van der Waals surface area contributed by atoms with E-state index in [2.05, 4.69) is 10.5 Å². The number of hydrogen-bond donors (Lipinski definition) is 1. The predicted octanol–water partition coefficient (Wildman–Crippen LogP) is 2.89. The SMILES string of the molecule is O=C(NCC(c1ccsc1)c1ccco1)c1ccno1. The van der Waals surface area contributed by atoms with Crippen molar-refractivity contribution in [2.24, 2.45) is 0 Å². The number of furan rings is 1. The molecule has 3 aromatic rings. The van der Waals surface area contributed by atoms with Gasteiger partial charge in [-0.3, -0.25) is 4.79 Å². The van der Waals surface area contributed by atoms with E-state index in [1.807, 2.05) is 29.0 Å². The first-order chi connectivity index (χ1) is 9.84. The van der Waals surface area contributed by atoms with Crippen LogP contribution in [-0.2, 0) is 0 Å². The van der Waals surface area contributed by atoms with Crippen LogP contribution in [0.4, 0.5) is 0 Å². The third-order valence-corrected chi connectivity index (χ3v) is 3.66. The van der Waals surface area contributed by atoms with E-state index >= 15 is 0 Å². The maximum absolute atomic E-state index is 11.9. The number of nitrogens with one attached hydrogen (secondary N) is 1. The van der Waals surface area contributed by atoms with Crippen LogP contribution >= 0.6 is 11.3 Å². The molecule has 6 heteroatoms. The first-order valence-electron chi connectivity index (χ1n) is 6.09. The Balaban J connectivity index is 1.73. The van der Waals surface area contributed by atoms with Gasteiger partial charge in [-0.2, -0.15) is 11.3 Å². The molecule has 0 radical (unpaired) electrons. The molecule has 0 aliphatic heterocycles. The second kappa shape index (κ2) is 5.75. The Labute approximate surface area is 119 Å². The highest BCUT2D eigenvalue weighted by Crippen LogP contribution is 2.26. The zero-order chi connectivity index (χ0) is 13.8. The Morgan fingerprint density at radius 2 is 2.35 bits per heavy atom. The summed E-state index contributed by atoms with van der Waals surface area (Å²) in [7, 11) is 0. The molecule has 20 heavy (non-hydrogen) atoms. The first-order valence-corrected chi connectivity index (χ1v) is 7.03. The van der Waals surface area contributed by atoms with Crippen molar-refractivity contribution in [2.45, 2.75) is 5.92 Å². The molecule has 0 aromatic carbocycles. The summed E-state index contributed by atoms with van der Waals surface area (Å²) in [4.78, 5) is 11.9. The summed E-state index contributed by atoms with van der Waals surface area (Å²) < 4.78 is 10.3. The van der Waals surface area contributed by atoms with Gasteiger partial charge >= 0.3 is 0 Å². The van der Waals surface area contributed by atoms with Crippen molar-refractivity contribution in [1.29, 1.82) is 0 Å². The maximum atomic E-state index is 11.9. The lowest BCUT2D eigenvalue weighted by atomic mass is 9.99. The van der Waals surface area contributed by atoms with Crippen molar-refractivity contribution in [3.63, 3.8) is 0 Å². The van der Waals surface area contributed by atoms with Crippen molar-refractivity contribution in [3.05, 3.63) is 64.6 Å². The largest absolute Gasteiger partial charge is 0.469 e. The van der Waals surface area contributed by atoms with E-state index in [-0.39, 0.29) is 17.6 Å². The standard InChI is InChI=1S/C14H12N2O3S/c17-14(13-3-5-16-19-13)15-8-11(10-4-7-20-9-10)12-2-1-6-18-12/h1-7,9,11H,8H2,(H,15,17). The zero-order valence-corrected chi connectivity index (χ0v) is 11.3. The Kier molecular flexibility index (Phi) is 3.64. The molecule has 102 valence electrons. The molecule has 0 aliphatic carbocycles. The van der Waals surface area contributed by atoms with Gasteiger partial charge in [0.25, 0.3) is 5.91 Å². The van der Waals surface area contributed by atoms with Gasteiger partial charge in [0.2, 0.25) is 5.76 Å². The number of carbonyl (C=O) groups is 1. The van der Waals surface area contributed by atoms with E-state index in [1.54, 1.807) is 17.6 Å². The highest BCUT2D eigenvalue weighted by atomic mass is 32.1. The van der Waals surface area contributed by atoms with Crippen LogP contribution in [0, 0.1) is 0 Å².